The summed E-state index contributed by atoms with van der Waals surface area (Å²) in [5, 5.41) is 6.26. The first-order chi connectivity index (χ1) is 12.8. The zero-order valence-electron chi connectivity index (χ0n) is 15.0. The molecule has 0 saturated carbocycles. The summed E-state index contributed by atoms with van der Waals surface area (Å²) in [5.74, 6) is -0.138. The van der Waals surface area contributed by atoms with Gasteiger partial charge in [0.25, 0.3) is 5.91 Å². The highest BCUT2D eigenvalue weighted by Gasteiger charge is 2.10. The van der Waals surface area contributed by atoms with Crippen molar-refractivity contribution in [2.45, 2.75) is 6.42 Å². The molecule has 1 aliphatic heterocycles. The van der Waals surface area contributed by atoms with Crippen LogP contribution in [0.25, 0.3) is 0 Å². The first-order valence-electron chi connectivity index (χ1n) is 9.13. The van der Waals surface area contributed by atoms with E-state index in [1.807, 2.05) is 24.3 Å². The summed E-state index contributed by atoms with van der Waals surface area (Å²) >= 11 is 0. The van der Waals surface area contributed by atoms with Crippen molar-refractivity contribution in [3.63, 3.8) is 0 Å². The molecule has 138 valence electrons. The number of nitrogens with one attached hydrogen (secondary N) is 2. The molecule has 0 aliphatic carbocycles. The van der Waals surface area contributed by atoms with E-state index in [1.54, 1.807) is 12.3 Å². The van der Waals surface area contributed by atoms with Crippen LogP contribution in [-0.2, 0) is 11.2 Å². The lowest BCUT2D eigenvalue weighted by Crippen LogP contribution is -2.39. The Labute approximate surface area is 154 Å². The molecular formula is C20H26N4O2. The van der Waals surface area contributed by atoms with Crippen molar-refractivity contribution < 1.29 is 9.53 Å². The Bertz CT molecular complexity index is 670. The molecule has 2 aromatic rings. The van der Waals surface area contributed by atoms with Crippen LogP contribution in [0, 0.1) is 0 Å². The minimum absolute atomic E-state index is 0.138. The van der Waals surface area contributed by atoms with E-state index in [9.17, 15) is 4.79 Å². The van der Waals surface area contributed by atoms with Gasteiger partial charge < -0.3 is 15.4 Å². The molecule has 0 atom stereocenters. The van der Waals surface area contributed by atoms with E-state index in [0.29, 0.717) is 12.2 Å². The molecule has 0 unspecified atom stereocenters. The molecule has 1 aromatic heterocycles. The van der Waals surface area contributed by atoms with Crippen LogP contribution in [0.4, 0.5) is 5.69 Å². The van der Waals surface area contributed by atoms with Gasteiger partial charge >= 0.3 is 0 Å². The van der Waals surface area contributed by atoms with Gasteiger partial charge in [-0.2, -0.15) is 0 Å². The number of morpholine rings is 1. The van der Waals surface area contributed by atoms with Crippen molar-refractivity contribution in [1.82, 2.24) is 15.2 Å². The van der Waals surface area contributed by atoms with Gasteiger partial charge in [0, 0.05) is 32.7 Å². The van der Waals surface area contributed by atoms with E-state index in [4.69, 9.17) is 4.74 Å². The normalized spacial score (nSPS) is 14.8. The van der Waals surface area contributed by atoms with E-state index in [-0.39, 0.29) is 5.91 Å². The van der Waals surface area contributed by atoms with Crippen LogP contribution in [0.5, 0.6) is 0 Å². The summed E-state index contributed by atoms with van der Waals surface area (Å²) in [4.78, 5) is 18.8. The van der Waals surface area contributed by atoms with Gasteiger partial charge in [0.2, 0.25) is 0 Å². The first-order valence-corrected chi connectivity index (χ1v) is 9.13. The summed E-state index contributed by atoms with van der Waals surface area (Å²) in [6, 6.07) is 13.8. The summed E-state index contributed by atoms with van der Waals surface area (Å²) in [5.41, 5.74) is 2.58. The molecule has 1 saturated heterocycles. The predicted octanol–water partition coefficient (Wildman–Crippen LogP) is 1.80. The summed E-state index contributed by atoms with van der Waals surface area (Å²) in [6.45, 7) is 6.04. The maximum Gasteiger partial charge on any atom is 0.269 e. The lowest BCUT2D eigenvalue weighted by molar-refractivity contribution is 0.0398. The quantitative estimate of drug-likeness (QED) is 0.757. The monoisotopic (exact) mass is 354 g/mol. The summed E-state index contributed by atoms with van der Waals surface area (Å²) < 4.78 is 5.34. The van der Waals surface area contributed by atoms with Crippen LogP contribution in [0.15, 0.2) is 48.7 Å². The second-order valence-corrected chi connectivity index (χ2v) is 6.30. The van der Waals surface area contributed by atoms with Gasteiger partial charge in [-0.25, -0.2) is 4.98 Å². The number of benzene rings is 1. The third kappa shape index (κ3) is 5.82. The number of carbonyl (C=O) groups is 1. The number of hydrogen-bond acceptors (Lipinski definition) is 5. The fraction of sp³-hybridized carbons (Fsp3) is 0.400. The Morgan fingerprint density at radius 3 is 2.62 bits per heavy atom. The predicted molar refractivity (Wildman–Crippen MR) is 102 cm³/mol. The zero-order valence-corrected chi connectivity index (χ0v) is 15.0. The number of amides is 1. The molecule has 6 nitrogen and oxygen atoms in total. The van der Waals surface area contributed by atoms with E-state index in [2.05, 4.69) is 32.7 Å². The van der Waals surface area contributed by atoms with Crippen molar-refractivity contribution in [3.05, 3.63) is 59.9 Å². The Morgan fingerprint density at radius 1 is 1.08 bits per heavy atom. The lowest BCUT2D eigenvalue weighted by Gasteiger charge is -2.26. The molecule has 1 aliphatic rings. The van der Waals surface area contributed by atoms with Crippen LogP contribution in [0.3, 0.4) is 0 Å². The Morgan fingerprint density at radius 2 is 1.88 bits per heavy atom. The van der Waals surface area contributed by atoms with Gasteiger partial charge in [-0.3, -0.25) is 9.69 Å². The fourth-order valence-electron chi connectivity index (χ4n) is 2.87. The third-order valence-electron chi connectivity index (χ3n) is 4.40. The molecule has 2 heterocycles. The molecule has 26 heavy (non-hydrogen) atoms. The maximum atomic E-state index is 12.2. The minimum Gasteiger partial charge on any atom is -0.383 e. The summed E-state index contributed by atoms with van der Waals surface area (Å²) in [7, 11) is 0. The van der Waals surface area contributed by atoms with Gasteiger partial charge in [-0.1, -0.05) is 30.3 Å². The standard InChI is InChI=1S/C20H26N4O2/c25-20(22-9-8-17-4-2-1-3-5-17)19-7-6-18(16-23-19)21-10-11-24-12-14-26-15-13-24/h1-7,16,21H,8-15H2,(H,22,25). The van der Waals surface area contributed by atoms with Gasteiger partial charge in [0.15, 0.2) is 0 Å². The van der Waals surface area contributed by atoms with Gasteiger partial charge in [-0.05, 0) is 24.1 Å². The second-order valence-electron chi connectivity index (χ2n) is 6.30. The molecule has 0 radical (unpaired) electrons. The Balaban J connectivity index is 1.38. The van der Waals surface area contributed by atoms with Crippen molar-refractivity contribution in [2.24, 2.45) is 0 Å². The molecule has 1 amide bonds. The van der Waals surface area contributed by atoms with Crippen LogP contribution >= 0.6 is 0 Å². The third-order valence-corrected chi connectivity index (χ3v) is 4.40. The molecule has 1 aromatic carbocycles. The van der Waals surface area contributed by atoms with Crippen LogP contribution in [0.2, 0.25) is 0 Å². The molecule has 0 bridgehead atoms. The van der Waals surface area contributed by atoms with Crippen LogP contribution in [-0.4, -0.2) is 61.7 Å². The second kappa shape index (κ2) is 9.89. The van der Waals surface area contributed by atoms with E-state index in [0.717, 1.165) is 51.5 Å². The summed E-state index contributed by atoms with van der Waals surface area (Å²) in [6.07, 6.45) is 2.53. The number of aromatic nitrogens is 1. The zero-order chi connectivity index (χ0) is 18.0. The highest BCUT2D eigenvalue weighted by molar-refractivity contribution is 5.92. The van der Waals surface area contributed by atoms with Crippen LogP contribution in [0.1, 0.15) is 16.1 Å². The van der Waals surface area contributed by atoms with Gasteiger partial charge in [-0.15, -0.1) is 0 Å². The van der Waals surface area contributed by atoms with Crippen molar-refractivity contribution in [2.75, 3.05) is 51.3 Å². The number of anilines is 1. The molecule has 1 fully saturated rings. The van der Waals surface area contributed by atoms with Gasteiger partial charge in [0.05, 0.1) is 25.1 Å². The average Bonchev–Trinajstić information content (AvgIpc) is 2.70. The maximum absolute atomic E-state index is 12.2. The van der Waals surface area contributed by atoms with Crippen molar-refractivity contribution in [3.8, 4) is 0 Å². The number of hydrogen-bond donors (Lipinski definition) is 2. The highest BCUT2D eigenvalue weighted by atomic mass is 16.5. The topological polar surface area (TPSA) is 66.5 Å². The SMILES string of the molecule is O=C(NCCc1ccccc1)c1ccc(NCCN2CCOCC2)cn1. The van der Waals surface area contributed by atoms with E-state index in [1.165, 1.54) is 5.56 Å². The highest BCUT2D eigenvalue weighted by Crippen LogP contribution is 2.06. The number of rotatable bonds is 8. The smallest absolute Gasteiger partial charge is 0.269 e. The Hall–Kier alpha value is -2.44. The molecule has 0 spiro atoms. The van der Waals surface area contributed by atoms with E-state index < -0.39 is 0 Å². The Kier molecular flexibility index (Phi) is 6.98. The van der Waals surface area contributed by atoms with Crippen molar-refractivity contribution >= 4 is 11.6 Å². The fourth-order valence-corrected chi connectivity index (χ4v) is 2.87. The molecular weight excluding hydrogens is 328 g/mol. The molecule has 6 heteroatoms. The van der Waals surface area contributed by atoms with Crippen LogP contribution < -0.4 is 10.6 Å². The van der Waals surface area contributed by atoms with E-state index >= 15 is 0 Å². The van der Waals surface area contributed by atoms with Gasteiger partial charge in [0.1, 0.15) is 5.69 Å². The number of carbonyl (C=O) groups excluding carboxylic acids is 1. The number of nitrogens with zero attached hydrogens (tertiary/aromatic N) is 2. The lowest BCUT2D eigenvalue weighted by atomic mass is 10.1. The molecule has 3 rings (SSSR count). The average molecular weight is 354 g/mol. The first kappa shape index (κ1) is 18.4. The van der Waals surface area contributed by atoms with Crippen molar-refractivity contribution in [1.29, 1.82) is 0 Å². The molecule has 2 N–H and O–H groups in total. The minimum atomic E-state index is -0.138. The number of ether oxygens (including phenoxy) is 1. The largest absolute Gasteiger partial charge is 0.383 e. The number of pyridine rings is 1.